The van der Waals surface area contributed by atoms with Crippen molar-refractivity contribution in [3.63, 3.8) is 0 Å². The highest BCUT2D eigenvalue weighted by Gasteiger charge is 2.24. The molecule has 1 aromatic rings. The van der Waals surface area contributed by atoms with Gasteiger partial charge in [0, 0.05) is 13.1 Å². The van der Waals surface area contributed by atoms with Gasteiger partial charge in [-0.1, -0.05) is 6.07 Å². The summed E-state index contributed by atoms with van der Waals surface area (Å²) in [6, 6.07) is 6.54. The molecule has 102 valence electrons. The molecule has 1 heterocycles. The molecule has 19 heavy (non-hydrogen) atoms. The minimum Gasteiger partial charge on any atom is -0.390 e. The molecule has 1 atom stereocenters. The highest BCUT2D eigenvalue weighted by molar-refractivity contribution is 5.34. The lowest BCUT2D eigenvalue weighted by Crippen LogP contribution is -2.28. The first-order valence-corrected chi connectivity index (χ1v) is 6.63. The molecular weight excluding hydrogens is 243 g/mol. The maximum absolute atomic E-state index is 13.2. The Morgan fingerprint density at radius 3 is 2.95 bits per heavy atom. The number of hydrogen-bond donors (Lipinski definition) is 1. The third-order valence-corrected chi connectivity index (χ3v) is 3.71. The Balaban J connectivity index is 2.03. The Labute approximate surface area is 113 Å². The summed E-state index contributed by atoms with van der Waals surface area (Å²) >= 11 is 0. The van der Waals surface area contributed by atoms with E-state index in [1.54, 1.807) is 12.1 Å². The highest BCUT2D eigenvalue weighted by Crippen LogP contribution is 2.22. The van der Waals surface area contributed by atoms with Gasteiger partial charge in [-0.3, -0.25) is 4.90 Å². The fraction of sp³-hybridized carbons (Fsp3) is 0.533. The van der Waals surface area contributed by atoms with E-state index < -0.39 is 11.4 Å². The molecule has 0 bridgehead atoms. The van der Waals surface area contributed by atoms with E-state index in [-0.39, 0.29) is 5.56 Å². The average Bonchev–Trinajstić information content (AvgIpc) is 2.53. The molecule has 1 saturated heterocycles. The molecule has 4 heteroatoms. The molecule has 0 spiro atoms. The Morgan fingerprint density at radius 1 is 1.42 bits per heavy atom. The predicted molar refractivity (Wildman–Crippen MR) is 70.9 cm³/mol. The third kappa shape index (κ3) is 3.76. The number of benzene rings is 1. The van der Waals surface area contributed by atoms with Gasteiger partial charge in [0.15, 0.2) is 0 Å². The monoisotopic (exact) mass is 262 g/mol. The fourth-order valence-electron chi connectivity index (χ4n) is 2.49. The number of nitriles is 1. The van der Waals surface area contributed by atoms with Crippen LogP contribution in [0.25, 0.3) is 0 Å². The molecule has 1 N–H and O–H groups in total. The van der Waals surface area contributed by atoms with Gasteiger partial charge in [-0.15, -0.1) is 0 Å². The van der Waals surface area contributed by atoms with E-state index in [0.717, 1.165) is 37.9 Å². The molecular formula is C15H19FN2O. The third-order valence-electron chi connectivity index (χ3n) is 3.71. The van der Waals surface area contributed by atoms with Crippen molar-refractivity contribution >= 4 is 0 Å². The molecule has 0 amide bonds. The Kier molecular flexibility index (Phi) is 4.18. The second-order valence-electron chi connectivity index (χ2n) is 5.55. The Bertz CT molecular complexity index is 493. The smallest absolute Gasteiger partial charge is 0.140 e. The van der Waals surface area contributed by atoms with E-state index in [9.17, 15) is 9.50 Å². The van der Waals surface area contributed by atoms with E-state index in [1.165, 1.54) is 6.07 Å². The van der Waals surface area contributed by atoms with E-state index in [1.807, 2.05) is 13.0 Å². The van der Waals surface area contributed by atoms with Crippen molar-refractivity contribution < 1.29 is 9.50 Å². The number of nitrogens with zero attached hydrogens (tertiary/aromatic N) is 2. The van der Waals surface area contributed by atoms with Gasteiger partial charge in [0.2, 0.25) is 0 Å². The minimum atomic E-state index is -0.574. The summed E-state index contributed by atoms with van der Waals surface area (Å²) in [5.41, 5.74) is 0.467. The largest absolute Gasteiger partial charge is 0.390 e. The molecule has 1 aliphatic rings. The summed E-state index contributed by atoms with van der Waals surface area (Å²) in [7, 11) is 0. The van der Waals surface area contributed by atoms with Gasteiger partial charge in [-0.25, -0.2) is 4.39 Å². The minimum absolute atomic E-state index is 0.0966. The van der Waals surface area contributed by atoms with Crippen LogP contribution < -0.4 is 0 Å². The normalized spacial score (nSPS) is 24.7. The maximum Gasteiger partial charge on any atom is 0.140 e. The second-order valence-corrected chi connectivity index (χ2v) is 5.55. The number of rotatable bonds is 2. The number of likely N-dealkylation sites (tertiary alicyclic amines) is 1. The lowest BCUT2D eigenvalue weighted by molar-refractivity contribution is 0.0444. The van der Waals surface area contributed by atoms with Crippen LogP contribution in [0.2, 0.25) is 0 Å². The van der Waals surface area contributed by atoms with Crippen molar-refractivity contribution in [2.45, 2.75) is 38.3 Å². The predicted octanol–water partition coefficient (Wildman–Crippen LogP) is 2.43. The maximum atomic E-state index is 13.2. The first kappa shape index (κ1) is 14.0. The SMILES string of the molecule is CC1(O)CCCN(Cc2ccc(F)c(C#N)c2)CC1. The molecule has 1 unspecified atom stereocenters. The van der Waals surface area contributed by atoms with E-state index in [4.69, 9.17) is 5.26 Å². The van der Waals surface area contributed by atoms with E-state index in [0.29, 0.717) is 6.54 Å². The van der Waals surface area contributed by atoms with Crippen LogP contribution in [-0.2, 0) is 6.54 Å². The van der Waals surface area contributed by atoms with E-state index >= 15 is 0 Å². The molecule has 2 rings (SSSR count). The number of halogens is 1. The molecule has 1 fully saturated rings. The average molecular weight is 262 g/mol. The molecule has 1 aromatic carbocycles. The zero-order valence-corrected chi connectivity index (χ0v) is 11.2. The van der Waals surface area contributed by atoms with Crippen LogP contribution in [0.4, 0.5) is 4.39 Å². The molecule has 0 radical (unpaired) electrons. The van der Waals surface area contributed by atoms with Crippen molar-refractivity contribution in [3.8, 4) is 6.07 Å². The van der Waals surface area contributed by atoms with E-state index in [2.05, 4.69) is 4.90 Å². The van der Waals surface area contributed by atoms with Crippen LogP contribution in [0, 0.1) is 17.1 Å². The topological polar surface area (TPSA) is 47.3 Å². The standard InChI is InChI=1S/C15H19FN2O/c1-15(19)5-2-7-18(8-6-15)11-12-3-4-14(16)13(9-12)10-17/h3-4,9,19H,2,5-8,11H2,1H3. The first-order chi connectivity index (χ1) is 9.00. The Hall–Kier alpha value is -1.44. The molecule has 0 aliphatic carbocycles. The summed E-state index contributed by atoms with van der Waals surface area (Å²) in [5, 5.41) is 18.9. The first-order valence-electron chi connectivity index (χ1n) is 6.63. The lowest BCUT2D eigenvalue weighted by atomic mass is 9.98. The van der Waals surface area contributed by atoms with Gasteiger partial charge in [-0.2, -0.15) is 5.26 Å². The summed E-state index contributed by atoms with van der Waals surface area (Å²) in [4.78, 5) is 2.25. The highest BCUT2D eigenvalue weighted by atomic mass is 19.1. The van der Waals surface area contributed by atoms with Gasteiger partial charge in [0.25, 0.3) is 0 Å². The van der Waals surface area contributed by atoms with Crippen molar-refractivity contribution in [1.29, 1.82) is 5.26 Å². The molecule has 3 nitrogen and oxygen atoms in total. The zero-order chi connectivity index (χ0) is 13.9. The lowest BCUT2D eigenvalue weighted by Gasteiger charge is -2.22. The van der Waals surface area contributed by atoms with Crippen LogP contribution in [0.5, 0.6) is 0 Å². The van der Waals surface area contributed by atoms with Crippen molar-refractivity contribution in [3.05, 3.63) is 35.1 Å². The van der Waals surface area contributed by atoms with Gasteiger partial charge >= 0.3 is 0 Å². The van der Waals surface area contributed by atoms with Crippen molar-refractivity contribution in [2.75, 3.05) is 13.1 Å². The van der Waals surface area contributed by atoms with Gasteiger partial charge in [0.1, 0.15) is 11.9 Å². The Morgan fingerprint density at radius 2 is 2.21 bits per heavy atom. The van der Waals surface area contributed by atoms with Crippen molar-refractivity contribution in [1.82, 2.24) is 4.90 Å². The molecule has 1 aliphatic heterocycles. The summed E-state index contributed by atoms with van der Waals surface area (Å²) in [6.45, 7) is 4.33. The van der Waals surface area contributed by atoms with Crippen LogP contribution in [0.15, 0.2) is 18.2 Å². The van der Waals surface area contributed by atoms with Gasteiger partial charge in [-0.05, 0) is 50.4 Å². The molecule has 0 saturated carbocycles. The summed E-state index contributed by atoms with van der Waals surface area (Å²) in [5.74, 6) is -0.468. The second kappa shape index (κ2) is 5.68. The quantitative estimate of drug-likeness (QED) is 0.890. The van der Waals surface area contributed by atoms with Gasteiger partial charge in [0.05, 0.1) is 11.2 Å². The van der Waals surface area contributed by atoms with Crippen molar-refractivity contribution in [2.24, 2.45) is 0 Å². The van der Waals surface area contributed by atoms with Crippen LogP contribution >= 0.6 is 0 Å². The number of aliphatic hydroxyl groups is 1. The van der Waals surface area contributed by atoms with Crippen LogP contribution in [0.3, 0.4) is 0 Å². The number of hydrogen-bond acceptors (Lipinski definition) is 3. The molecule has 0 aromatic heterocycles. The summed E-state index contributed by atoms with van der Waals surface area (Å²) in [6.07, 6.45) is 2.52. The zero-order valence-electron chi connectivity index (χ0n) is 11.2. The van der Waals surface area contributed by atoms with Gasteiger partial charge < -0.3 is 5.11 Å². The summed E-state index contributed by atoms with van der Waals surface area (Å²) < 4.78 is 13.2. The fourth-order valence-corrected chi connectivity index (χ4v) is 2.49. The van der Waals surface area contributed by atoms with Crippen LogP contribution in [-0.4, -0.2) is 28.7 Å². The van der Waals surface area contributed by atoms with Crippen LogP contribution in [0.1, 0.15) is 37.3 Å².